The molecule has 2 amide bonds. The Morgan fingerprint density at radius 3 is 3.00 bits per heavy atom. The van der Waals surface area contributed by atoms with E-state index in [-0.39, 0.29) is 5.37 Å². The van der Waals surface area contributed by atoms with Gasteiger partial charge in [0.15, 0.2) is 5.13 Å². The number of amides is 2. The maximum atomic E-state index is 11.9. The summed E-state index contributed by atoms with van der Waals surface area (Å²) in [5.74, 6) is -0.557. The number of nitrogens with one attached hydrogen (secondary N) is 1. The Kier molecular flexibility index (Phi) is 3.53. The molecule has 2 rings (SSSR count). The van der Waals surface area contributed by atoms with Gasteiger partial charge < -0.3 is 5.11 Å². The fraction of sp³-hybridized carbons (Fsp3) is 0.444. The van der Waals surface area contributed by atoms with E-state index in [0.717, 1.165) is 0 Å². The largest absolute Gasteiger partial charge is 0.480 e. The highest BCUT2D eigenvalue weighted by molar-refractivity contribution is 8.00. The number of carboxylic acids is 1. The molecule has 1 aliphatic heterocycles. The highest BCUT2D eigenvalue weighted by atomic mass is 32.2. The number of carbonyl (C=O) groups is 2. The Bertz CT molecular complexity index is 423. The van der Waals surface area contributed by atoms with Crippen LogP contribution in [0.2, 0.25) is 0 Å². The number of hydrogen-bond acceptors (Lipinski definition) is 5. The number of hydrogen-bond donors (Lipinski definition) is 2. The second kappa shape index (κ2) is 4.92. The average molecular weight is 273 g/mol. The molecule has 2 N–H and O–H groups in total. The summed E-state index contributed by atoms with van der Waals surface area (Å²) in [5.41, 5.74) is 0. The summed E-state index contributed by atoms with van der Waals surface area (Å²) < 4.78 is 0. The van der Waals surface area contributed by atoms with Crippen LogP contribution in [0.4, 0.5) is 9.93 Å². The van der Waals surface area contributed by atoms with Crippen LogP contribution in [-0.2, 0) is 4.79 Å². The van der Waals surface area contributed by atoms with Gasteiger partial charge in [0.05, 0.1) is 5.37 Å². The monoisotopic (exact) mass is 273 g/mol. The van der Waals surface area contributed by atoms with E-state index >= 15 is 0 Å². The molecule has 1 aromatic rings. The number of rotatable bonds is 2. The van der Waals surface area contributed by atoms with Crippen molar-refractivity contribution in [1.29, 1.82) is 0 Å². The van der Waals surface area contributed by atoms with Crippen LogP contribution in [0.3, 0.4) is 0 Å². The number of aliphatic carboxylic acids is 1. The summed E-state index contributed by atoms with van der Waals surface area (Å²) in [6.07, 6.45) is 1.58. The molecule has 1 fully saturated rings. The first kappa shape index (κ1) is 12.2. The van der Waals surface area contributed by atoms with Gasteiger partial charge in [-0.05, 0) is 6.92 Å². The van der Waals surface area contributed by atoms with Crippen molar-refractivity contribution in [1.82, 2.24) is 9.88 Å². The van der Waals surface area contributed by atoms with E-state index in [1.165, 1.54) is 28.0 Å². The van der Waals surface area contributed by atoms with Gasteiger partial charge in [-0.1, -0.05) is 0 Å². The molecule has 0 saturated carbocycles. The number of carboxylic acid groups (broad SMARTS) is 1. The minimum absolute atomic E-state index is 0.143. The summed E-state index contributed by atoms with van der Waals surface area (Å²) in [4.78, 5) is 28.2. The third-order valence-electron chi connectivity index (χ3n) is 2.39. The Morgan fingerprint density at radius 2 is 2.41 bits per heavy atom. The molecule has 0 aromatic carbocycles. The standard InChI is InChI=1S/C9H11N3O3S2/c1-5-12(6(4-17-5)7(13)14)9(15)11-8-10-2-3-16-8/h2-3,5-6H,4H2,1H3,(H,13,14)(H,10,11,15). The summed E-state index contributed by atoms with van der Waals surface area (Å²) in [5, 5.41) is 13.7. The van der Waals surface area contributed by atoms with Gasteiger partial charge in [-0.2, -0.15) is 0 Å². The van der Waals surface area contributed by atoms with Crippen molar-refractivity contribution in [2.45, 2.75) is 18.3 Å². The molecule has 0 radical (unpaired) electrons. The molecule has 17 heavy (non-hydrogen) atoms. The predicted molar refractivity (Wildman–Crippen MR) is 66.3 cm³/mol. The summed E-state index contributed by atoms with van der Waals surface area (Å²) in [7, 11) is 0. The maximum absolute atomic E-state index is 11.9. The molecular weight excluding hydrogens is 262 g/mol. The summed E-state index contributed by atoms with van der Waals surface area (Å²) in [6, 6.07) is -1.18. The van der Waals surface area contributed by atoms with Gasteiger partial charge in [0, 0.05) is 17.3 Å². The Morgan fingerprint density at radius 1 is 1.65 bits per heavy atom. The van der Waals surface area contributed by atoms with Crippen molar-refractivity contribution < 1.29 is 14.7 Å². The number of aromatic nitrogens is 1. The topological polar surface area (TPSA) is 82.5 Å². The molecule has 1 aromatic heterocycles. The van der Waals surface area contributed by atoms with E-state index in [0.29, 0.717) is 10.9 Å². The van der Waals surface area contributed by atoms with Crippen LogP contribution >= 0.6 is 23.1 Å². The van der Waals surface area contributed by atoms with E-state index in [2.05, 4.69) is 10.3 Å². The highest BCUT2D eigenvalue weighted by Crippen LogP contribution is 2.29. The molecule has 1 saturated heterocycles. The van der Waals surface area contributed by atoms with Crippen molar-refractivity contribution in [3.8, 4) is 0 Å². The number of carbonyl (C=O) groups excluding carboxylic acids is 1. The van der Waals surface area contributed by atoms with Crippen LogP contribution in [0, 0.1) is 0 Å². The smallest absolute Gasteiger partial charge is 0.327 e. The lowest BCUT2D eigenvalue weighted by Crippen LogP contribution is -2.46. The third kappa shape index (κ3) is 2.52. The van der Waals surface area contributed by atoms with Crippen molar-refractivity contribution >= 4 is 40.2 Å². The van der Waals surface area contributed by atoms with E-state index in [1.807, 2.05) is 6.92 Å². The molecule has 8 heteroatoms. The highest BCUT2D eigenvalue weighted by Gasteiger charge is 2.39. The zero-order valence-corrected chi connectivity index (χ0v) is 10.6. The molecule has 2 heterocycles. The zero-order chi connectivity index (χ0) is 12.4. The fourth-order valence-corrected chi connectivity index (χ4v) is 3.27. The van der Waals surface area contributed by atoms with Crippen molar-refractivity contribution in [2.24, 2.45) is 0 Å². The molecule has 0 bridgehead atoms. The second-order valence-corrected chi connectivity index (χ2v) is 5.70. The van der Waals surface area contributed by atoms with Gasteiger partial charge >= 0.3 is 12.0 Å². The van der Waals surface area contributed by atoms with Crippen LogP contribution in [-0.4, -0.2) is 44.2 Å². The predicted octanol–water partition coefficient (Wildman–Crippen LogP) is 1.52. The molecule has 1 aliphatic rings. The summed E-state index contributed by atoms with van der Waals surface area (Å²) >= 11 is 2.75. The first-order valence-electron chi connectivity index (χ1n) is 4.93. The molecule has 0 aliphatic carbocycles. The lowest BCUT2D eigenvalue weighted by atomic mass is 10.3. The lowest BCUT2D eigenvalue weighted by Gasteiger charge is -2.24. The first-order chi connectivity index (χ1) is 8.09. The normalized spacial score (nSPS) is 23.7. The lowest BCUT2D eigenvalue weighted by molar-refractivity contribution is -0.141. The third-order valence-corrected chi connectivity index (χ3v) is 4.29. The second-order valence-electron chi connectivity index (χ2n) is 3.46. The van der Waals surface area contributed by atoms with Gasteiger partial charge in [0.25, 0.3) is 0 Å². The van der Waals surface area contributed by atoms with E-state index in [9.17, 15) is 9.59 Å². The van der Waals surface area contributed by atoms with E-state index < -0.39 is 18.0 Å². The van der Waals surface area contributed by atoms with Gasteiger partial charge in [0.1, 0.15) is 6.04 Å². The SMILES string of the molecule is CC1SCC(C(=O)O)N1C(=O)Nc1nccs1. The van der Waals surface area contributed by atoms with Crippen LogP contribution in [0.1, 0.15) is 6.92 Å². The zero-order valence-electron chi connectivity index (χ0n) is 8.99. The minimum Gasteiger partial charge on any atom is -0.480 e. The summed E-state index contributed by atoms with van der Waals surface area (Å²) in [6.45, 7) is 1.81. The molecule has 0 spiro atoms. The average Bonchev–Trinajstić information content (AvgIpc) is 2.86. The van der Waals surface area contributed by atoms with Crippen LogP contribution in [0.5, 0.6) is 0 Å². The Hall–Kier alpha value is -1.28. The van der Waals surface area contributed by atoms with Gasteiger partial charge in [0.2, 0.25) is 0 Å². The fourth-order valence-electron chi connectivity index (χ4n) is 1.58. The number of anilines is 1. The number of thiazole rings is 1. The molecule has 2 unspecified atom stereocenters. The number of nitrogens with zero attached hydrogens (tertiary/aromatic N) is 2. The van der Waals surface area contributed by atoms with Gasteiger partial charge in [-0.15, -0.1) is 23.1 Å². The molecule has 92 valence electrons. The Balaban J connectivity index is 2.09. The van der Waals surface area contributed by atoms with E-state index in [4.69, 9.17) is 5.11 Å². The van der Waals surface area contributed by atoms with Gasteiger partial charge in [-0.3, -0.25) is 10.2 Å². The van der Waals surface area contributed by atoms with Crippen molar-refractivity contribution in [3.63, 3.8) is 0 Å². The number of urea groups is 1. The molecule has 6 nitrogen and oxygen atoms in total. The van der Waals surface area contributed by atoms with Crippen LogP contribution in [0.15, 0.2) is 11.6 Å². The van der Waals surface area contributed by atoms with Crippen molar-refractivity contribution in [3.05, 3.63) is 11.6 Å². The first-order valence-corrected chi connectivity index (χ1v) is 6.85. The van der Waals surface area contributed by atoms with Crippen molar-refractivity contribution in [2.75, 3.05) is 11.1 Å². The molecular formula is C9H11N3O3S2. The molecule has 2 atom stereocenters. The van der Waals surface area contributed by atoms with E-state index in [1.54, 1.807) is 11.6 Å². The van der Waals surface area contributed by atoms with Crippen LogP contribution in [0.25, 0.3) is 0 Å². The number of thioether (sulfide) groups is 1. The quantitative estimate of drug-likeness (QED) is 0.853. The van der Waals surface area contributed by atoms with Crippen LogP contribution < -0.4 is 5.32 Å². The maximum Gasteiger partial charge on any atom is 0.327 e. The van der Waals surface area contributed by atoms with Gasteiger partial charge in [-0.25, -0.2) is 14.6 Å². The minimum atomic E-state index is -0.976. The Labute approximate surface area is 106 Å².